The van der Waals surface area contributed by atoms with Crippen molar-refractivity contribution in [3.8, 4) is 0 Å². The van der Waals surface area contributed by atoms with E-state index in [0.717, 1.165) is 8.96 Å². The molecule has 3 N–H and O–H groups in total. The van der Waals surface area contributed by atoms with Crippen LogP contribution in [0.1, 0.15) is 20.8 Å². The average molecular weight is 429 g/mol. The lowest BCUT2D eigenvalue weighted by Gasteiger charge is -2.38. The van der Waals surface area contributed by atoms with Gasteiger partial charge in [-0.15, -0.1) is 6.58 Å². The van der Waals surface area contributed by atoms with Gasteiger partial charge in [-0.05, 0) is 43.4 Å². The van der Waals surface area contributed by atoms with Crippen molar-refractivity contribution < 1.29 is 9.90 Å². The van der Waals surface area contributed by atoms with Crippen molar-refractivity contribution in [2.24, 2.45) is 0 Å². The maximum atomic E-state index is 11.7. The Morgan fingerprint density at radius 1 is 1.57 bits per heavy atom. The lowest BCUT2D eigenvalue weighted by molar-refractivity contribution is 0.0788. The number of halogens is 1. The Balaban J connectivity index is 2.46. The molecule has 2 aromatic heterocycles. The minimum atomic E-state index is -0.984. The average Bonchev–Trinajstić information content (AvgIpc) is 2.74. The van der Waals surface area contributed by atoms with Crippen LogP contribution in [0.4, 0.5) is 10.6 Å². The Hall–Kier alpha value is -1.84. The molecular weight excluding hydrogens is 409 g/mol. The Kier molecular flexibility index (Phi) is 4.83. The molecule has 0 saturated carbocycles. The second-order valence-electron chi connectivity index (χ2n) is 6.21. The lowest BCUT2D eigenvalue weighted by atomic mass is 10.0. The highest BCUT2D eigenvalue weighted by Gasteiger charge is 2.32. The molecule has 124 valence electrons. The summed E-state index contributed by atoms with van der Waals surface area (Å²) >= 11 is 2.17. The third-order valence-electron chi connectivity index (χ3n) is 3.55. The Morgan fingerprint density at radius 2 is 2.22 bits per heavy atom. The molecule has 0 fully saturated rings. The van der Waals surface area contributed by atoms with Gasteiger partial charge < -0.3 is 15.4 Å². The zero-order valence-corrected chi connectivity index (χ0v) is 15.5. The number of nitrogens with two attached hydrogens (primary N) is 1. The van der Waals surface area contributed by atoms with E-state index in [-0.39, 0.29) is 0 Å². The number of hydrogen-bond donors (Lipinski definition) is 2. The predicted octanol–water partition coefficient (Wildman–Crippen LogP) is 2.95. The summed E-state index contributed by atoms with van der Waals surface area (Å²) < 4.78 is 2.82. The first kappa shape index (κ1) is 17.5. The van der Waals surface area contributed by atoms with Crippen molar-refractivity contribution in [3.05, 3.63) is 28.7 Å². The molecule has 0 aliphatic heterocycles. The maximum absolute atomic E-state index is 11.7. The molecule has 0 bridgehead atoms. The van der Waals surface area contributed by atoms with Crippen molar-refractivity contribution in [1.82, 2.24) is 19.4 Å². The molecule has 1 amide bonds. The fourth-order valence-electron chi connectivity index (χ4n) is 2.63. The van der Waals surface area contributed by atoms with Gasteiger partial charge in [0.05, 0.1) is 11.4 Å². The number of carbonyl (C=O) groups is 1. The molecule has 2 heterocycles. The molecule has 0 radical (unpaired) electrons. The molecule has 23 heavy (non-hydrogen) atoms. The van der Waals surface area contributed by atoms with Crippen LogP contribution in [0, 0.1) is 3.57 Å². The van der Waals surface area contributed by atoms with Crippen molar-refractivity contribution in [3.63, 3.8) is 0 Å². The van der Waals surface area contributed by atoms with E-state index in [1.165, 1.54) is 11.2 Å². The molecule has 7 nitrogen and oxygen atoms in total. The number of rotatable bonds is 4. The van der Waals surface area contributed by atoms with Crippen LogP contribution in [0.15, 0.2) is 25.2 Å². The minimum absolute atomic E-state index is 0.393. The van der Waals surface area contributed by atoms with Crippen LogP contribution in [0.3, 0.4) is 0 Å². The second-order valence-corrected chi connectivity index (χ2v) is 7.38. The summed E-state index contributed by atoms with van der Waals surface area (Å²) in [4.78, 5) is 21.4. The van der Waals surface area contributed by atoms with Gasteiger partial charge in [0.1, 0.15) is 17.8 Å². The smallest absolute Gasteiger partial charge is 0.408 e. The SMILES string of the molecule is C=CC(Cn1cc(I)c2c(N)ncnc21)N(C(=O)O)C(C)(C)C. The first-order valence-electron chi connectivity index (χ1n) is 7.06. The van der Waals surface area contributed by atoms with E-state index >= 15 is 0 Å². The summed E-state index contributed by atoms with van der Waals surface area (Å²) in [5, 5.41) is 10.4. The van der Waals surface area contributed by atoms with Gasteiger partial charge in [-0.2, -0.15) is 0 Å². The van der Waals surface area contributed by atoms with Gasteiger partial charge in [-0.1, -0.05) is 6.08 Å². The largest absolute Gasteiger partial charge is 0.465 e. The Morgan fingerprint density at radius 3 is 2.74 bits per heavy atom. The van der Waals surface area contributed by atoms with E-state index < -0.39 is 17.7 Å². The molecule has 0 aromatic carbocycles. The second kappa shape index (κ2) is 6.34. The Labute approximate surface area is 148 Å². The van der Waals surface area contributed by atoms with E-state index in [2.05, 4.69) is 39.1 Å². The zero-order chi connectivity index (χ0) is 17.4. The summed E-state index contributed by atoms with van der Waals surface area (Å²) in [5.74, 6) is 0.416. The van der Waals surface area contributed by atoms with E-state index in [9.17, 15) is 9.90 Å². The van der Waals surface area contributed by atoms with Crippen LogP contribution in [-0.2, 0) is 6.54 Å². The number of aromatic nitrogens is 3. The van der Waals surface area contributed by atoms with Gasteiger partial charge in [0, 0.05) is 21.9 Å². The number of fused-ring (bicyclic) bond motifs is 1. The van der Waals surface area contributed by atoms with Gasteiger partial charge in [0.2, 0.25) is 0 Å². The van der Waals surface area contributed by atoms with Gasteiger partial charge in [0.25, 0.3) is 0 Å². The number of hydrogen-bond acceptors (Lipinski definition) is 4. The summed E-state index contributed by atoms with van der Waals surface area (Å²) in [6.45, 7) is 9.78. The molecule has 2 rings (SSSR count). The van der Waals surface area contributed by atoms with E-state index in [4.69, 9.17) is 5.73 Å². The first-order chi connectivity index (χ1) is 10.7. The normalized spacial score (nSPS) is 13.0. The predicted molar refractivity (Wildman–Crippen MR) is 98.3 cm³/mol. The number of nitrogen functional groups attached to an aromatic ring is 1. The van der Waals surface area contributed by atoms with Crippen LogP contribution in [0.2, 0.25) is 0 Å². The van der Waals surface area contributed by atoms with Crippen LogP contribution in [0.25, 0.3) is 11.0 Å². The summed E-state index contributed by atoms with van der Waals surface area (Å²) in [5.41, 5.74) is 6.06. The molecular formula is C15H20IN5O2. The van der Waals surface area contributed by atoms with Gasteiger partial charge >= 0.3 is 6.09 Å². The number of carboxylic acid groups (broad SMARTS) is 1. The summed E-state index contributed by atoms with van der Waals surface area (Å²) in [7, 11) is 0. The maximum Gasteiger partial charge on any atom is 0.408 e. The number of amides is 1. The number of anilines is 1. The van der Waals surface area contributed by atoms with Crippen LogP contribution in [-0.4, -0.2) is 42.2 Å². The highest BCUT2D eigenvalue weighted by Crippen LogP contribution is 2.27. The standard InChI is InChI=1S/C15H20IN5O2/c1-5-9(21(14(22)23)15(2,3)4)6-20-7-10(16)11-12(17)18-8-19-13(11)20/h5,7-9H,1,6H2,2-4H3,(H,22,23)(H2,17,18,19). The van der Waals surface area contributed by atoms with Gasteiger partial charge in [-0.25, -0.2) is 14.8 Å². The molecule has 1 unspecified atom stereocenters. The minimum Gasteiger partial charge on any atom is -0.465 e. The van der Waals surface area contributed by atoms with Crippen LogP contribution >= 0.6 is 22.6 Å². The monoisotopic (exact) mass is 429 g/mol. The molecule has 0 saturated heterocycles. The molecule has 0 aliphatic carbocycles. The van der Waals surface area contributed by atoms with Crippen LogP contribution in [0.5, 0.6) is 0 Å². The third-order valence-corrected chi connectivity index (χ3v) is 4.37. The molecule has 2 aromatic rings. The highest BCUT2D eigenvalue weighted by atomic mass is 127. The summed E-state index contributed by atoms with van der Waals surface area (Å²) in [6, 6.07) is -0.393. The highest BCUT2D eigenvalue weighted by molar-refractivity contribution is 14.1. The van der Waals surface area contributed by atoms with E-state index in [1.807, 2.05) is 31.5 Å². The van der Waals surface area contributed by atoms with Crippen molar-refractivity contribution in [2.45, 2.75) is 38.9 Å². The first-order valence-corrected chi connectivity index (χ1v) is 8.14. The van der Waals surface area contributed by atoms with Gasteiger partial charge in [-0.3, -0.25) is 4.90 Å². The van der Waals surface area contributed by atoms with Gasteiger partial charge in [0.15, 0.2) is 0 Å². The van der Waals surface area contributed by atoms with Crippen LogP contribution < -0.4 is 5.73 Å². The summed E-state index contributed by atoms with van der Waals surface area (Å²) in [6.07, 6.45) is 3.96. The fourth-order valence-corrected chi connectivity index (χ4v) is 3.48. The lowest BCUT2D eigenvalue weighted by Crippen LogP contribution is -2.51. The molecule has 1 atom stereocenters. The zero-order valence-electron chi connectivity index (χ0n) is 13.3. The third kappa shape index (κ3) is 3.41. The number of nitrogens with zero attached hydrogens (tertiary/aromatic N) is 4. The fraction of sp³-hybridized carbons (Fsp3) is 0.400. The molecule has 0 spiro atoms. The van der Waals surface area contributed by atoms with E-state index in [1.54, 1.807) is 6.08 Å². The van der Waals surface area contributed by atoms with Crippen molar-refractivity contribution in [2.75, 3.05) is 5.73 Å². The molecule has 0 aliphatic rings. The Bertz CT molecular complexity index is 750. The molecule has 8 heteroatoms. The van der Waals surface area contributed by atoms with Crippen molar-refractivity contribution in [1.29, 1.82) is 0 Å². The topological polar surface area (TPSA) is 97.3 Å². The van der Waals surface area contributed by atoms with E-state index in [0.29, 0.717) is 18.0 Å². The quantitative estimate of drug-likeness (QED) is 0.576. The van der Waals surface area contributed by atoms with Crippen molar-refractivity contribution >= 4 is 45.5 Å².